The van der Waals surface area contributed by atoms with Crippen LogP contribution in [0.2, 0.25) is 0 Å². The molecular weight excluding hydrogens is 388 g/mol. The Labute approximate surface area is 185 Å². The number of ether oxygens (including phenoxy) is 2. The number of allylic oxidation sites excluding steroid dienone is 2. The molecule has 0 spiro atoms. The number of phenols is 1. The fourth-order valence-corrected chi connectivity index (χ4v) is 3.63. The molecule has 0 saturated carbocycles. The first-order valence-corrected chi connectivity index (χ1v) is 11.2. The number of benzene rings is 2. The summed E-state index contributed by atoms with van der Waals surface area (Å²) in [5.74, 6) is 0.0715. The first kappa shape index (κ1) is 22.8. The van der Waals surface area contributed by atoms with Gasteiger partial charge in [-0.05, 0) is 47.9 Å². The number of carbonyl (C=O) groups is 1. The van der Waals surface area contributed by atoms with Gasteiger partial charge in [-0.3, -0.25) is 0 Å². The normalized spacial score (nSPS) is 17.9. The van der Waals surface area contributed by atoms with Crippen LogP contribution in [0.25, 0.3) is 5.57 Å². The van der Waals surface area contributed by atoms with E-state index in [-0.39, 0.29) is 5.75 Å². The van der Waals surface area contributed by atoms with Crippen LogP contribution in [0.3, 0.4) is 0 Å². The quantitative estimate of drug-likeness (QED) is 0.258. The SMILES string of the molecule is CCCCCCCCOC1(C(=O)Oc2ccc(O)cc2)C=CC(c2ccccc2)=CC1. The zero-order valence-electron chi connectivity index (χ0n) is 18.3. The minimum atomic E-state index is -1.14. The van der Waals surface area contributed by atoms with Crippen molar-refractivity contribution in [1.82, 2.24) is 0 Å². The van der Waals surface area contributed by atoms with Crippen LogP contribution in [0.15, 0.2) is 72.8 Å². The second-order valence-corrected chi connectivity index (χ2v) is 7.95. The smallest absolute Gasteiger partial charge is 0.348 e. The molecule has 0 bridgehead atoms. The van der Waals surface area contributed by atoms with Gasteiger partial charge in [0.15, 0.2) is 5.60 Å². The van der Waals surface area contributed by atoms with E-state index in [1.165, 1.54) is 37.8 Å². The molecular formula is C27H32O4. The zero-order valence-corrected chi connectivity index (χ0v) is 18.3. The number of hydrogen-bond acceptors (Lipinski definition) is 4. The third-order valence-corrected chi connectivity index (χ3v) is 5.51. The monoisotopic (exact) mass is 420 g/mol. The number of unbranched alkanes of at least 4 members (excludes halogenated alkanes) is 5. The molecule has 0 saturated heterocycles. The molecule has 1 aliphatic carbocycles. The van der Waals surface area contributed by atoms with Crippen molar-refractivity contribution in [2.75, 3.05) is 6.61 Å². The van der Waals surface area contributed by atoms with E-state index in [0.29, 0.717) is 18.8 Å². The fourth-order valence-electron chi connectivity index (χ4n) is 3.63. The Morgan fingerprint density at radius 1 is 0.968 bits per heavy atom. The highest BCUT2D eigenvalue weighted by atomic mass is 16.6. The first-order valence-electron chi connectivity index (χ1n) is 11.2. The molecule has 2 aromatic carbocycles. The van der Waals surface area contributed by atoms with Crippen molar-refractivity contribution in [3.63, 3.8) is 0 Å². The van der Waals surface area contributed by atoms with E-state index in [9.17, 15) is 9.90 Å². The van der Waals surface area contributed by atoms with E-state index in [2.05, 4.69) is 19.1 Å². The molecule has 0 radical (unpaired) electrons. The molecule has 0 heterocycles. The standard InChI is InChI=1S/C27H32O4/c1-2-3-4-5-6-10-21-30-27(26(29)31-25-15-13-24(28)14-16-25)19-17-23(18-20-27)22-11-8-7-9-12-22/h7-9,11-19,28H,2-6,10,20-21H2,1H3. The molecule has 164 valence electrons. The van der Waals surface area contributed by atoms with Gasteiger partial charge in [-0.2, -0.15) is 0 Å². The molecule has 31 heavy (non-hydrogen) atoms. The Morgan fingerprint density at radius 3 is 2.35 bits per heavy atom. The van der Waals surface area contributed by atoms with Crippen molar-refractivity contribution in [2.45, 2.75) is 57.5 Å². The predicted octanol–water partition coefficient (Wildman–Crippen LogP) is 6.46. The summed E-state index contributed by atoms with van der Waals surface area (Å²) in [4.78, 5) is 13.1. The number of esters is 1. The molecule has 1 atom stereocenters. The molecule has 4 heteroatoms. The van der Waals surface area contributed by atoms with Gasteiger partial charge in [-0.1, -0.05) is 81.5 Å². The average Bonchev–Trinajstić information content (AvgIpc) is 2.81. The topological polar surface area (TPSA) is 55.8 Å². The van der Waals surface area contributed by atoms with E-state index in [1.54, 1.807) is 12.1 Å². The minimum absolute atomic E-state index is 0.127. The number of rotatable bonds is 11. The van der Waals surface area contributed by atoms with Gasteiger partial charge in [0.1, 0.15) is 11.5 Å². The third kappa shape index (κ3) is 6.56. The highest BCUT2D eigenvalue weighted by Gasteiger charge is 2.40. The summed E-state index contributed by atoms with van der Waals surface area (Å²) in [5, 5.41) is 9.46. The molecule has 3 rings (SSSR count). The lowest BCUT2D eigenvalue weighted by Crippen LogP contribution is -2.43. The average molecular weight is 421 g/mol. The van der Waals surface area contributed by atoms with Crippen LogP contribution < -0.4 is 4.74 Å². The van der Waals surface area contributed by atoms with E-state index in [1.807, 2.05) is 36.4 Å². The molecule has 2 aromatic rings. The van der Waals surface area contributed by atoms with Crippen LogP contribution in [0.1, 0.15) is 57.4 Å². The van der Waals surface area contributed by atoms with E-state index in [4.69, 9.17) is 9.47 Å². The summed E-state index contributed by atoms with van der Waals surface area (Å²) in [7, 11) is 0. The molecule has 0 fully saturated rings. The first-order chi connectivity index (χ1) is 15.1. The number of phenolic OH excluding ortho intramolecular Hbond substituents is 1. The summed E-state index contributed by atoms with van der Waals surface area (Å²) in [6.45, 7) is 2.72. The lowest BCUT2D eigenvalue weighted by Gasteiger charge is -2.30. The highest BCUT2D eigenvalue weighted by Crippen LogP contribution is 2.32. The van der Waals surface area contributed by atoms with Crippen molar-refractivity contribution in [3.05, 3.63) is 78.4 Å². The Morgan fingerprint density at radius 2 is 1.68 bits per heavy atom. The van der Waals surface area contributed by atoms with Crippen molar-refractivity contribution in [2.24, 2.45) is 0 Å². The fraction of sp³-hybridized carbons (Fsp3) is 0.370. The molecule has 1 aliphatic rings. The minimum Gasteiger partial charge on any atom is -0.508 e. The number of aromatic hydroxyl groups is 1. The van der Waals surface area contributed by atoms with Crippen molar-refractivity contribution < 1.29 is 19.4 Å². The molecule has 1 N–H and O–H groups in total. The maximum absolute atomic E-state index is 13.1. The van der Waals surface area contributed by atoms with Gasteiger partial charge < -0.3 is 14.6 Å². The van der Waals surface area contributed by atoms with Crippen LogP contribution in [-0.4, -0.2) is 23.3 Å². The third-order valence-electron chi connectivity index (χ3n) is 5.51. The maximum atomic E-state index is 13.1. The molecule has 4 nitrogen and oxygen atoms in total. The largest absolute Gasteiger partial charge is 0.508 e. The molecule has 0 aliphatic heterocycles. The molecule has 1 unspecified atom stereocenters. The highest BCUT2D eigenvalue weighted by molar-refractivity contribution is 5.88. The van der Waals surface area contributed by atoms with Gasteiger partial charge in [0.2, 0.25) is 0 Å². The van der Waals surface area contributed by atoms with Crippen LogP contribution in [0.5, 0.6) is 11.5 Å². The summed E-state index contributed by atoms with van der Waals surface area (Å²) in [6.07, 6.45) is 13.2. The van der Waals surface area contributed by atoms with Gasteiger partial charge in [0.25, 0.3) is 0 Å². The summed E-state index contributed by atoms with van der Waals surface area (Å²) < 4.78 is 11.8. The van der Waals surface area contributed by atoms with Gasteiger partial charge in [0, 0.05) is 13.0 Å². The van der Waals surface area contributed by atoms with Crippen molar-refractivity contribution in [3.8, 4) is 11.5 Å². The van der Waals surface area contributed by atoms with Crippen LogP contribution in [0.4, 0.5) is 0 Å². The summed E-state index contributed by atoms with van der Waals surface area (Å²) >= 11 is 0. The van der Waals surface area contributed by atoms with Crippen LogP contribution in [0, 0.1) is 0 Å². The predicted molar refractivity (Wildman–Crippen MR) is 124 cm³/mol. The van der Waals surface area contributed by atoms with Gasteiger partial charge >= 0.3 is 5.97 Å². The van der Waals surface area contributed by atoms with Crippen LogP contribution in [-0.2, 0) is 9.53 Å². The number of carbonyl (C=O) groups excluding carboxylic acids is 1. The Kier molecular flexibility index (Phi) is 8.48. The van der Waals surface area contributed by atoms with E-state index < -0.39 is 11.6 Å². The Hall–Kier alpha value is -2.85. The molecule has 0 aromatic heterocycles. The van der Waals surface area contributed by atoms with Gasteiger partial charge in [0.05, 0.1) is 0 Å². The lowest BCUT2D eigenvalue weighted by atomic mass is 9.89. The Balaban J connectivity index is 1.67. The van der Waals surface area contributed by atoms with Crippen molar-refractivity contribution in [1.29, 1.82) is 0 Å². The van der Waals surface area contributed by atoms with E-state index >= 15 is 0 Å². The van der Waals surface area contributed by atoms with Crippen molar-refractivity contribution >= 4 is 11.5 Å². The number of hydrogen-bond donors (Lipinski definition) is 1. The molecule has 0 amide bonds. The zero-order chi connectivity index (χ0) is 21.9. The summed E-state index contributed by atoms with van der Waals surface area (Å²) in [6, 6.07) is 16.2. The van der Waals surface area contributed by atoms with Crippen LogP contribution >= 0.6 is 0 Å². The maximum Gasteiger partial charge on any atom is 0.348 e. The lowest BCUT2D eigenvalue weighted by molar-refractivity contribution is -0.156. The Bertz CT molecular complexity index is 883. The van der Waals surface area contributed by atoms with Gasteiger partial charge in [-0.15, -0.1) is 0 Å². The van der Waals surface area contributed by atoms with Gasteiger partial charge in [-0.25, -0.2) is 4.79 Å². The second kappa shape index (κ2) is 11.5. The summed E-state index contributed by atoms with van der Waals surface area (Å²) in [5.41, 5.74) is 1.03. The second-order valence-electron chi connectivity index (χ2n) is 7.95. The van der Waals surface area contributed by atoms with E-state index in [0.717, 1.165) is 24.0 Å².